The molecular formula is C14H16ClNO3. The summed E-state index contributed by atoms with van der Waals surface area (Å²) in [6, 6.07) is 7.25. The Hall–Kier alpha value is -1.55. The van der Waals surface area contributed by atoms with Gasteiger partial charge in [0.1, 0.15) is 0 Å². The van der Waals surface area contributed by atoms with Crippen molar-refractivity contribution in [2.24, 2.45) is 5.92 Å². The van der Waals surface area contributed by atoms with E-state index in [9.17, 15) is 9.59 Å². The van der Waals surface area contributed by atoms with E-state index in [0.29, 0.717) is 5.02 Å². The molecule has 2 N–H and O–H groups in total. The first kappa shape index (κ1) is 13.9. The van der Waals surface area contributed by atoms with E-state index in [4.69, 9.17) is 16.7 Å². The van der Waals surface area contributed by atoms with Gasteiger partial charge in [0, 0.05) is 11.6 Å². The number of halogens is 1. The molecule has 1 aliphatic carbocycles. The summed E-state index contributed by atoms with van der Waals surface area (Å²) < 4.78 is 0. The molecule has 1 fully saturated rings. The molecule has 19 heavy (non-hydrogen) atoms. The van der Waals surface area contributed by atoms with Gasteiger partial charge in [-0.2, -0.15) is 0 Å². The summed E-state index contributed by atoms with van der Waals surface area (Å²) in [7, 11) is 0. The third-order valence-electron chi connectivity index (χ3n) is 3.57. The molecule has 4 nitrogen and oxygen atoms in total. The Labute approximate surface area is 116 Å². The van der Waals surface area contributed by atoms with Crippen LogP contribution in [-0.2, 0) is 15.0 Å². The number of carboxylic acid groups (broad SMARTS) is 1. The molecule has 0 spiro atoms. The molecule has 0 heterocycles. The quantitative estimate of drug-likeness (QED) is 0.869. The summed E-state index contributed by atoms with van der Waals surface area (Å²) in [6.45, 7) is 1.73. The lowest BCUT2D eigenvalue weighted by atomic mass is 9.95. The fourth-order valence-corrected chi connectivity index (χ4v) is 2.17. The summed E-state index contributed by atoms with van der Waals surface area (Å²) in [6.07, 6.45) is 1.59. The fraction of sp³-hybridized carbons (Fsp3) is 0.429. The largest absolute Gasteiger partial charge is 0.481 e. The molecule has 0 bridgehead atoms. The van der Waals surface area contributed by atoms with Gasteiger partial charge in [-0.05, 0) is 30.5 Å². The predicted molar refractivity (Wildman–Crippen MR) is 72.2 cm³/mol. The number of rotatable bonds is 5. The highest BCUT2D eigenvalue weighted by Gasteiger charge is 2.51. The van der Waals surface area contributed by atoms with Gasteiger partial charge in [0.15, 0.2) is 0 Å². The summed E-state index contributed by atoms with van der Waals surface area (Å²) >= 11 is 5.83. The third kappa shape index (κ3) is 2.89. The Morgan fingerprint density at radius 3 is 2.42 bits per heavy atom. The number of benzene rings is 1. The zero-order valence-corrected chi connectivity index (χ0v) is 11.4. The molecule has 1 saturated carbocycles. The molecular weight excluding hydrogens is 266 g/mol. The van der Waals surface area contributed by atoms with Gasteiger partial charge < -0.3 is 10.4 Å². The second-order valence-electron chi connectivity index (χ2n) is 5.04. The maximum Gasteiger partial charge on any atom is 0.308 e. The number of carboxylic acids is 1. The molecule has 5 heteroatoms. The van der Waals surface area contributed by atoms with E-state index in [1.54, 1.807) is 19.1 Å². The van der Waals surface area contributed by atoms with E-state index in [-0.39, 0.29) is 12.5 Å². The van der Waals surface area contributed by atoms with Crippen molar-refractivity contribution in [3.8, 4) is 0 Å². The average Bonchev–Trinajstić information content (AvgIpc) is 3.17. The first-order valence-electron chi connectivity index (χ1n) is 6.23. The molecule has 0 aliphatic heterocycles. The van der Waals surface area contributed by atoms with Crippen LogP contribution in [-0.4, -0.2) is 23.5 Å². The molecule has 1 amide bonds. The van der Waals surface area contributed by atoms with Crippen molar-refractivity contribution in [3.63, 3.8) is 0 Å². The van der Waals surface area contributed by atoms with Crippen LogP contribution in [0.2, 0.25) is 5.02 Å². The Morgan fingerprint density at radius 2 is 1.95 bits per heavy atom. The standard InChI is InChI=1S/C14H16ClNO3/c1-9(12(17)18)8-16-13(19)14(6-7-14)10-2-4-11(15)5-3-10/h2-5,9H,6-8H2,1H3,(H,16,19)(H,17,18). The van der Waals surface area contributed by atoms with Gasteiger partial charge >= 0.3 is 5.97 Å². The normalized spacial score (nSPS) is 17.6. The van der Waals surface area contributed by atoms with Crippen LogP contribution in [0.3, 0.4) is 0 Å². The second-order valence-corrected chi connectivity index (χ2v) is 5.47. The Morgan fingerprint density at radius 1 is 1.37 bits per heavy atom. The number of hydrogen-bond donors (Lipinski definition) is 2. The van der Waals surface area contributed by atoms with Crippen molar-refractivity contribution < 1.29 is 14.7 Å². The number of carbonyl (C=O) groups is 2. The molecule has 102 valence electrons. The van der Waals surface area contributed by atoms with Crippen LogP contribution in [0.5, 0.6) is 0 Å². The first-order valence-corrected chi connectivity index (χ1v) is 6.61. The smallest absolute Gasteiger partial charge is 0.308 e. The van der Waals surface area contributed by atoms with E-state index in [1.807, 2.05) is 12.1 Å². The van der Waals surface area contributed by atoms with Gasteiger partial charge in [-0.1, -0.05) is 30.7 Å². The van der Waals surface area contributed by atoms with Crippen molar-refractivity contribution in [1.29, 1.82) is 0 Å². The lowest BCUT2D eigenvalue weighted by Gasteiger charge is -2.17. The maximum absolute atomic E-state index is 12.2. The van der Waals surface area contributed by atoms with Gasteiger partial charge in [0.05, 0.1) is 11.3 Å². The van der Waals surface area contributed by atoms with Crippen molar-refractivity contribution in [3.05, 3.63) is 34.9 Å². The van der Waals surface area contributed by atoms with Crippen molar-refractivity contribution >= 4 is 23.5 Å². The van der Waals surface area contributed by atoms with E-state index < -0.39 is 17.3 Å². The SMILES string of the molecule is CC(CNC(=O)C1(c2ccc(Cl)cc2)CC1)C(=O)O. The molecule has 1 unspecified atom stereocenters. The van der Waals surface area contributed by atoms with Gasteiger partial charge in [0.2, 0.25) is 5.91 Å². The minimum absolute atomic E-state index is 0.0945. The highest BCUT2D eigenvalue weighted by atomic mass is 35.5. The maximum atomic E-state index is 12.2. The average molecular weight is 282 g/mol. The third-order valence-corrected chi connectivity index (χ3v) is 3.82. The Balaban J connectivity index is 2.02. The number of amides is 1. The molecule has 1 aliphatic rings. The number of carbonyl (C=O) groups excluding carboxylic acids is 1. The summed E-state index contributed by atoms with van der Waals surface area (Å²) in [5.74, 6) is -1.58. The van der Waals surface area contributed by atoms with E-state index in [2.05, 4.69) is 5.32 Å². The van der Waals surface area contributed by atoms with Gasteiger partial charge in [-0.15, -0.1) is 0 Å². The molecule has 0 saturated heterocycles. The summed E-state index contributed by atoms with van der Waals surface area (Å²) in [5.41, 5.74) is 0.459. The highest BCUT2D eigenvalue weighted by molar-refractivity contribution is 6.30. The second kappa shape index (κ2) is 5.21. The van der Waals surface area contributed by atoms with E-state index in [1.165, 1.54) is 0 Å². The van der Waals surface area contributed by atoms with E-state index in [0.717, 1.165) is 18.4 Å². The number of hydrogen-bond acceptors (Lipinski definition) is 2. The van der Waals surface area contributed by atoms with Crippen molar-refractivity contribution in [1.82, 2.24) is 5.32 Å². The van der Waals surface area contributed by atoms with Crippen LogP contribution >= 0.6 is 11.6 Å². The summed E-state index contributed by atoms with van der Waals surface area (Å²) in [4.78, 5) is 22.9. The predicted octanol–water partition coefficient (Wildman–Crippen LogP) is 2.21. The van der Waals surface area contributed by atoms with Gasteiger partial charge in [-0.25, -0.2) is 0 Å². The van der Waals surface area contributed by atoms with Crippen LogP contribution in [0, 0.1) is 5.92 Å². The molecule has 2 rings (SSSR count). The molecule has 1 atom stereocenters. The first-order chi connectivity index (χ1) is 8.95. The minimum Gasteiger partial charge on any atom is -0.481 e. The summed E-state index contributed by atoms with van der Waals surface area (Å²) in [5, 5.41) is 12.2. The molecule has 0 radical (unpaired) electrons. The van der Waals surface area contributed by atoms with Gasteiger partial charge in [-0.3, -0.25) is 9.59 Å². The molecule has 1 aromatic rings. The zero-order valence-electron chi connectivity index (χ0n) is 10.6. The Bertz CT molecular complexity index is 494. The lowest BCUT2D eigenvalue weighted by molar-refractivity contribution is -0.141. The van der Waals surface area contributed by atoms with E-state index >= 15 is 0 Å². The molecule has 1 aromatic carbocycles. The van der Waals surface area contributed by atoms with Crippen LogP contribution in [0.4, 0.5) is 0 Å². The number of aliphatic carboxylic acids is 1. The van der Waals surface area contributed by atoms with Crippen LogP contribution < -0.4 is 5.32 Å². The molecule has 0 aromatic heterocycles. The van der Waals surface area contributed by atoms with Crippen LogP contribution in [0.25, 0.3) is 0 Å². The number of nitrogens with one attached hydrogen (secondary N) is 1. The monoisotopic (exact) mass is 281 g/mol. The lowest BCUT2D eigenvalue weighted by Crippen LogP contribution is -2.38. The van der Waals surface area contributed by atoms with Crippen LogP contribution in [0.15, 0.2) is 24.3 Å². The van der Waals surface area contributed by atoms with Crippen molar-refractivity contribution in [2.75, 3.05) is 6.54 Å². The van der Waals surface area contributed by atoms with Gasteiger partial charge in [0.25, 0.3) is 0 Å². The minimum atomic E-state index is -0.906. The highest BCUT2D eigenvalue weighted by Crippen LogP contribution is 2.48. The zero-order chi connectivity index (χ0) is 14.0. The fourth-order valence-electron chi connectivity index (χ4n) is 2.04. The Kier molecular flexibility index (Phi) is 3.80. The van der Waals surface area contributed by atoms with Crippen molar-refractivity contribution in [2.45, 2.75) is 25.2 Å². The van der Waals surface area contributed by atoms with Crippen LogP contribution in [0.1, 0.15) is 25.3 Å². The topological polar surface area (TPSA) is 66.4 Å².